The number of nitrogens with one attached hydrogen (secondary N) is 1. The van der Waals surface area contributed by atoms with Crippen LogP contribution in [0.1, 0.15) is 51.2 Å². The Morgan fingerprint density at radius 1 is 1.35 bits per heavy atom. The minimum atomic E-state index is 0.106. The van der Waals surface area contributed by atoms with Crippen molar-refractivity contribution in [2.45, 2.75) is 46.6 Å². The summed E-state index contributed by atoms with van der Waals surface area (Å²) in [6, 6.07) is 8.39. The molecule has 1 aliphatic rings. The Bertz CT molecular complexity index is 836. The number of piperidine rings is 1. The second-order valence-electron chi connectivity index (χ2n) is 8.43. The van der Waals surface area contributed by atoms with Crippen LogP contribution in [0.4, 0.5) is 0 Å². The predicted molar refractivity (Wildman–Crippen MR) is 131 cm³/mol. The van der Waals surface area contributed by atoms with E-state index in [2.05, 4.69) is 29.7 Å². The molecular formula is C26H38N4O. The topological polar surface area (TPSA) is 73.4 Å². The molecule has 2 rings (SSSR count). The van der Waals surface area contributed by atoms with E-state index in [-0.39, 0.29) is 5.92 Å². The first-order chi connectivity index (χ1) is 14.8. The number of nitrogens with zero attached hydrogens (tertiary/aromatic N) is 2. The molecule has 31 heavy (non-hydrogen) atoms. The fraction of sp³-hybridized carbons (Fsp3) is 0.462. The largest absolute Gasteiger partial charge is 0.402 e. The molecule has 1 aromatic rings. The number of benzene rings is 1. The van der Waals surface area contributed by atoms with E-state index in [1.165, 1.54) is 5.56 Å². The quantitative estimate of drug-likeness (QED) is 0.427. The van der Waals surface area contributed by atoms with Crippen molar-refractivity contribution in [3.05, 3.63) is 65.4 Å². The van der Waals surface area contributed by atoms with Crippen LogP contribution in [-0.2, 0) is 11.3 Å². The first-order valence-corrected chi connectivity index (χ1v) is 11.3. The molecule has 1 amide bonds. The summed E-state index contributed by atoms with van der Waals surface area (Å²) in [5, 5.41) is 8.12. The highest BCUT2D eigenvalue weighted by molar-refractivity contribution is 5.97. The number of amides is 1. The van der Waals surface area contributed by atoms with E-state index >= 15 is 0 Å². The van der Waals surface area contributed by atoms with Crippen molar-refractivity contribution in [3.8, 4) is 0 Å². The zero-order valence-corrected chi connectivity index (χ0v) is 19.4. The van der Waals surface area contributed by atoms with Crippen LogP contribution in [0.2, 0.25) is 0 Å². The lowest BCUT2D eigenvalue weighted by Crippen LogP contribution is -2.44. The van der Waals surface area contributed by atoms with Crippen molar-refractivity contribution in [2.75, 3.05) is 26.2 Å². The maximum absolute atomic E-state index is 12.7. The standard InChI is InChI=1S/C26H38N4O/c1-5-30(6-2)26(31)23-11-8-14-29(19-23)18-22-10-7-9-21(16-22)12-13-24(27)17-25(28)15-20(3)4/h7,9-10,12-13,15-16,23,27H,3,5-6,8,11,14,17-19,28H2,1-2,4H3/b13-12+,25-15+,27-24?. The summed E-state index contributed by atoms with van der Waals surface area (Å²) in [5.41, 5.74) is 10.2. The second kappa shape index (κ2) is 12.3. The van der Waals surface area contributed by atoms with E-state index in [1.807, 2.05) is 37.8 Å². The number of carbonyl (C=O) groups excluding carboxylic acids is 1. The van der Waals surface area contributed by atoms with Gasteiger partial charge in [-0.05, 0) is 63.4 Å². The van der Waals surface area contributed by atoms with Gasteiger partial charge in [0.25, 0.3) is 0 Å². The molecule has 0 bridgehead atoms. The van der Waals surface area contributed by atoms with Crippen LogP contribution in [0, 0.1) is 11.3 Å². The first-order valence-electron chi connectivity index (χ1n) is 11.3. The molecule has 0 aliphatic carbocycles. The molecule has 1 aliphatic heterocycles. The lowest BCUT2D eigenvalue weighted by Gasteiger charge is -2.34. The molecule has 0 aromatic heterocycles. The van der Waals surface area contributed by atoms with Crippen LogP contribution in [0.3, 0.4) is 0 Å². The molecule has 1 saturated heterocycles. The van der Waals surface area contributed by atoms with Crippen molar-refractivity contribution in [2.24, 2.45) is 11.7 Å². The monoisotopic (exact) mass is 422 g/mol. The molecule has 1 heterocycles. The summed E-state index contributed by atoms with van der Waals surface area (Å²) in [4.78, 5) is 17.1. The summed E-state index contributed by atoms with van der Waals surface area (Å²) in [6.45, 7) is 14.1. The highest BCUT2D eigenvalue weighted by atomic mass is 16.2. The number of carbonyl (C=O) groups is 1. The van der Waals surface area contributed by atoms with Gasteiger partial charge in [0.15, 0.2) is 0 Å². The summed E-state index contributed by atoms with van der Waals surface area (Å²) in [6.07, 6.45) is 8.03. The van der Waals surface area contributed by atoms with Crippen LogP contribution in [0.15, 0.2) is 54.3 Å². The van der Waals surface area contributed by atoms with Gasteiger partial charge in [0, 0.05) is 44.0 Å². The zero-order chi connectivity index (χ0) is 22.8. The third-order valence-corrected chi connectivity index (χ3v) is 5.59. The highest BCUT2D eigenvalue weighted by Crippen LogP contribution is 2.21. The van der Waals surface area contributed by atoms with Crippen LogP contribution in [-0.4, -0.2) is 47.6 Å². The molecule has 5 heteroatoms. The van der Waals surface area contributed by atoms with Crippen LogP contribution >= 0.6 is 0 Å². The Labute approximate surface area is 187 Å². The lowest BCUT2D eigenvalue weighted by atomic mass is 9.96. The fourth-order valence-electron chi connectivity index (χ4n) is 4.09. The number of nitrogens with two attached hydrogens (primary N) is 1. The minimum absolute atomic E-state index is 0.106. The van der Waals surface area contributed by atoms with Gasteiger partial charge in [-0.3, -0.25) is 9.69 Å². The Balaban J connectivity index is 1.96. The fourth-order valence-corrected chi connectivity index (χ4v) is 4.09. The molecule has 1 fully saturated rings. The SMILES string of the molecule is C=C(C)/C=C(/N)CC(=N)/C=C/c1cccc(CN2CCCC(C(=O)N(CC)CC)C2)c1. The van der Waals surface area contributed by atoms with Gasteiger partial charge >= 0.3 is 0 Å². The van der Waals surface area contributed by atoms with Gasteiger partial charge in [-0.25, -0.2) is 0 Å². The number of likely N-dealkylation sites (tertiary alicyclic amines) is 1. The number of hydrogen-bond donors (Lipinski definition) is 2. The highest BCUT2D eigenvalue weighted by Gasteiger charge is 2.28. The van der Waals surface area contributed by atoms with Gasteiger partial charge in [0.05, 0.1) is 5.92 Å². The van der Waals surface area contributed by atoms with E-state index < -0.39 is 0 Å². The molecule has 168 valence electrons. The van der Waals surface area contributed by atoms with Gasteiger partial charge < -0.3 is 16.0 Å². The van der Waals surface area contributed by atoms with Gasteiger partial charge in [0.1, 0.15) is 0 Å². The number of hydrogen-bond acceptors (Lipinski definition) is 4. The lowest BCUT2D eigenvalue weighted by molar-refractivity contribution is -0.137. The van der Waals surface area contributed by atoms with Crippen molar-refractivity contribution in [1.82, 2.24) is 9.80 Å². The van der Waals surface area contributed by atoms with Crippen LogP contribution in [0.5, 0.6) is 0 Å². The third kappa shape index (κ3) is 8.18. The van der Waals surface area contributed by atoms with E-state index in [1.54, 1.807) is 12.2 Å². The zero-order valence-electron chi connectivity index (χ0n) is 19.4. The third-order valence-electron chi connectivity index (χ3n) is 5.59. The molecule has 0 spiro atoms. The molecular weight excluding hydrogens is 384 g/mol. The van der Waals surface area contributed by atoms with E-state index in [9.17, 15) is 4.79 Å². The Morgan fingerprint density at radius 2 is 2.10 bits per heavy atom. The van der Waals surface area contributed by atoms with Crippen molar-refractivity contribution in [3.63, 3.8) is 0 Å². The smallest absolute Gasteiger partial charge is 0.226 e. The van der Waals surface area contributed by atoms with E-state index in [0.717, 1.165) is 56.7 Å². The molecule has 0 saturated carbocycles. The van der Waals surface area contributed by atoms with Crippen molar-refractivity contribution < 1.29 is 4.79 Å². The Kier molecular flexibility index (Phi) is 9.73. The number of allylic oxidation sites excluding steroid dienone is 4. The summed E-state index contributed by atoms with van der Waals surface area (Å²) < 4.78 is 0. The maximum atomic E-state index is 12.7. The number of rotatable bonds is 10. The molecule has 3 N–H and O–H groups in total. The van der Waals surface area contributed by atoms with Crippen molar-refractivity contribution >= 4 is 17.7 Å². The average Bonchev–Trinajstić information content (AvgIpc) is 2.73. The van der Waals surface area contributed by atoms with Gasteiger partial charge in [-0.15, -0.1) is 0 Å². The molecule has 0 radical (unpaired) electrons. The average molecular weight is 423 g/mol. The summed E-state index contributed by atoms with van der Waals surface area (Å²) in [7, 11) is 0. The molecule has 1 aromatic carbocycles. The van der Waals surface area contributed by atoms with E-state index in [0.29, 0.717) is 23.7 Å². The van der Waals surface area contributed by atoms with Gasteiger partial charge in [-0.2, -0.15) is 0 Å². The Morgan fingerprint density at radius 3 is 2.77 bits per heavy atom. The van der Waals surface area contributed by atoms with Gasteiger partial charge in [-0.1, -0.05) is 42.5 Å². The van der Waals surface area contributed by atoms with E-state index in [4.69, 9.17) is 11.1 Å². The van der Waals surface area contributed by atoms with Crippen molar-refractivity contribution in [1.29, 1.82) is 5.41 Å². The molecule has 1 atom stereocenters. The second-order valence-corrected chi connectivity index (χ2v) is 8.43. The maximum Gasteiger partial charge on any atom is 0.226 e. The minimum Gasteiger partial charge on any atom is -0.402 e. The summed E-state index contributed by atoms with van der Waals surface area (Å²) in [5.74, 6) is 0.403. The Hall–Kier alpha value is -2.66. The summed E-state index contributed by atoms with van der Waals surface area (Å²) >= 11 is 0. The molecule has 1 unspecified atom stereocenters. The first kappa shape index (κ1) is 24.6. The molecule has 5 nitrogen and oxygen atoms in total. The van der Waals surface area contributed by atoms with Gasteiger partial charge in [0.2, 0.25) is 5.91 Å². The predicted octanol–water partition coefficient (Wildman–Crippen LogP) is 4.61. The normalized spacial score (nSPS) is 17.6. The van der Waals surface area contributed by atoms with Crippen LogP contribution in [0.25, 0.3) is 6.08 Å². The van der Waals surface area contributed by atoms with Crippen LogP contribution < -0.4 is 5.73 Å².